The molecule has 0 saturated carbocycles. The quantitative estimate of drug-likeness (QED) is 0.439. The van der Waals surface area contributed by atoms with Crippen LogP contribution in [0.15, 0.2) is 59.6 Å². The number of nitrogens with one attached hydrogen (secondary N) is 1. The summed E-state index contributed by atoms with van der Waals surface area (Å²) < 4.78 is 16.5. The van der Waals surface area contributed by atoms with Crippen LogP contribution in [-0.2, 0) is 17.7 Å². The number of benzene rings is 2. The molecule has 148 valence electrons. The summed E-state index contributed by atoms with van der Waals surface area (Å²) >= 11 is 0. The van der Waals surface area contributed by atoms with Crippen LogP contribution in [0.3, 0.4) is 0 Å². The summed E-state index contributed by atoms with van der Waals surface area (Å²) in [5, 5.41) is 13.7. The van der Waals surface area contributed by atoms with Gasteiger partial charge in [0.1, 0.15) is 0 Å². The molecule has 0 amide bonds. The Hall–Kier alpha value is -2.31. The molecule has 0 bridgehead atoms. The standard InChI is InChI=1S/C22H29BN2O3/c1-17(2)13-24-14-22(26)21(25-16-23-27)12-18-8-10-20(11-9-18)28-15-19-6-4-3-5-7-19/h3-11,16-17,21-22,24,26H,12-15H2,1-2H3/t21-,22?/m0/s1. The Bertz CT molecular complexity index is 720. The maximum absolute atomic E-state index is 10.7. The summed E-state index contributed by atoms with van der Waals surface area (Å²) in [5.41, 5.74) is 2.15. The zero-order valence-corrected chi connectivity index (χ0v) is 16.6. The molecule has 1 unspecified atom stereocenters. The van der Waals surface area contributed by atoms with Gasteiger partial charge in [-0.1, -0.05) is 18.2 Å². The molecule has 0 aliphatic rings. The Morgan fingerprint density at radius 3 is 2.43 bits per heavy atom. The Labute approximate surface area is 168 Å². The second-order valence-corrected chi connectivity index (χ2v) is 7.24. The van der Waals surface area contributed by atoms with Gasteiger partial charge < -0.3 is 0 Å². The van der Waals surface area contributed by atoms with Crippen LogP contribution in [0, 0.1) is 5.92 Å². The van der Waals surface area contributed by atoms with Crippen molar-refractivity contribution in [2.75, 3.05) is 13.1 Å². The Kier molecular flexibility index (Phi) is 9.59. The molecule has 2 rings (SSSR count). The fraction of sp³-hybridized carbons (Fsp3) is 0.409. The van der Waals surface area contributed by atoms with E-state index in [0.717, 1.165) is 23.4 Å². The third-order valence-electron chi connectivity index (χ3n) is 4.31. The van der Waals surface area contributed by atoms with Gasteiger partial charge in [0.2, 0.25) is 0 Å². The molecule has 2 aromatic rings. The Morgan fingerprint density at radius 1 is 1.07 bits per heavy atom. The third kappa shape index (κ3) is 8.15. The van der Waals surface area contributed by atoms with Crippen molar-refractivity contribution in [1.29, 1.82) is 0 Å². The van der Waals surface area contributed by atoms with Gasteiger partial charge in [0.15, 0.2) is 0 Å². The number of aliphatic imine (C=N–C) groups is 1. The van der Waals surface area contributed by atoms with Gasteiger partial charge in [-0.25, -0.2) is 0 Å². The Morgan fingerprint density at radius 2 is 1.79 bits per heavy atom. The number of rotatable bonds is 12. The van der Waals surface area contributed by atoms with Gasteiger partial charge >= 0.3 is 149 Å². The van der Waals surface area contributed by atoms with Crippen LogP contribution in [0.2, 0.25) is 0 Å². The molecule has 0 fully saturated rings. The zero-order chi connectivity index (χ0) is 20.2. The molecular weight excluding hydrogens is 351 g/mol. The molecule has 2 atom stereocenters. The first-order valence-corrected chi connectivity index (χ1v) is 9.70. The molecule has 28 heavy (non-hydrogen) atoms. The Balaban J connectivity index is 1.91. The normalized spacial score (nSPS) is 13.4. The molecule has 0 saturated heterocycles. The molecule has 0 radical (unpaired) electrons. The summed E-state index contributed by atoms with van der Waals surface area (Å²) in [5.74, 6) is 1.30. The molecule has 6 heteroatoms. The van der Waals surface area contributed by atoms with Crippen LogP contribution >= 0.6 is 0 Å². The number of ether oxygens (including phenoxy) is 1. The number of aliphatic hydroxyl groups excluding tert-OH is 1. The molecule has 0 spiro atoms. The van der Waals surface area contributed by atoms with E-state index in [-0.39, 0.29) is 6.04 Å². The van der Waals surface area contributed by atoms with E-state index in [1.54, 1.807) is 0 Å². The van der Waals surface area contributed by atoms with E-state index >= 15 is 0 Å². The van der Waals surface area contributed by atoms with E-state index in [1.807, 2.05) is 54.6 Å². The van der Waals surface area contributed by atoms with Gasteiger partial charge in [0, 0.05) is 0 Å². The molecule has 0 heterocycles. The number of hydrogen-bond donors (Lipinski definition) is 2. The van der Waals surface area contributed by atoms with Crippen LogP contribution in [0.1, 0.15) is 25.0 Å². The van der Waals surface area contributed by atoms with E-state index < -0.39 is 6.10 Å². The van der Waals surface area contributed by atoms with Gasteiger partial charge in [-0.3, -0.25) is 0 Å². The summed E-state index contributed by atoms with van der Waals surface area (Å²) in [6, 6.07) is 17.4. The van der Waals surface area contributed by atoms with Crippen LogP contribution in [0.25, 0.3) is 0 Å². The molecule has 2 aromatic carbocycles. The van der Waals surface area contributed by atoms with Crippen LogP contribution in [0.5, 0.6) is 5.75 Å². The van der Waals surface area contributed by atoms with Crippen molar-refractivity contribution >= 4 is 13.3 Å². The SMILES string of the molecule is CC(C)CNCC(O)[C@H](Cc1ccc(OCc2ccccc2)cc1)N=CB=O. The van der Waals surface area contributed by atoms with Crippen LogP contribution in [-0.4, -0.2) is 43.6 Å². The number of nitrogens with zero attached hydrogens (tertiary/aromatic N) is 1. The molecule has 5 nitrogen and oxygen atoms in total. The van der Waals surface area contributed by atoms with Crippen molar-refractivity contribution in [3.05, 3.63) is 65.7 Å². The average molecular weight is 380 g/mol. The predicted molar refractivity (Wildman–Crippen MR) is 113 cm³/mol. The molecule has 2 N–H and O–H groups in total. The van der Waals surface area contributed by atoms with Crippen molar-refractivity contribution in [1.82, 2.24) is 5.32 Å². The van der Waals surface area contributed by atoms with E-state index in [9.17, 15) is 9.81 Å². The van der Waals surface area contributed by atoms with E-state index in [1.165, 1.54) is 6.11 Å². The zero-order valence-electron chi connectivity index (χ0n) is 16.6. The monoisotopic (exact) mass is 380 g/mol. The first-order chi connectivity index (χ1) is 13.6. The first-order valence-electron chi connectivity index (χ1n) is 9.70. The summed E-state index contributed by atoms with van der Waals surface area (Å²) in [7, 11) is 0.641. The summed E-state index contributed by atoms with van der Waals surface area (Å²) in [4.78, 5) is 4.22. The van der Waals surface area contributed by atoms with Crippen molar-refractivity contribution in [2.45, 2.75) is 39.0 Å². The second kappa shape index (κ2) is 12.2. The second-order valence-electron chi connectivity index (χ2n) is 7.24. The fourth-order valence-corrected chi connectivity index (χ4v) is 2.79. The predicted octanol–water partition coefficient (Wildman–Crippen LogP) is 2.86. The summed E-state index contributed by atoms with van der Waals surface area (Å²) in [6.45, 7) is 6.02. The first kappa shape index (κ1) is 22.0. The number of aliphatic hydroxyl groups is 1. The summed E-state index contributed by atoms with van der Waals surface area (Å²) in [6.07, 6.45) is 1.10. The molecule has 0 aromatic heterocycles. The number of hydrogen-bond acceptors (Lipinski definition) is 5. The van der Waals surface area contributed by atoms with Crippen molar-refractivity contribution in [3.63, 3.8) is 0 Å². The van der Waals surface area contributed by atoms with Gasteiger partial charge in [-0.15, -0.1) is 0 Å². The van der Waals surface area contributed by atoms with E-state index in [0.29, 0.717) is 32.6 Å². The average Bonchev–Trinajstić information content (AvgIpc) is 2.71. The minimum atomic E-state index is -0.663. The van der Waals surface area contributed by atoms with E-state index in [4.69, 9.17) is 4.74 Å². The maximum atomic E-state index is 10.7. The third-order valence-corrected chi connectivity index (χ3v) is 4.31. The van der Waals surface area contributed by atoms with Crippen LogP contribution in [0.4, 0.5) is 0 Å². The van der Waals surface area contributed by atoms with Gasteiger partial charge in [-0.2, -0.15) is 0 Å². The van der Waals surface area contributed by atoms with E-state index in [2.05, 4.69) is 24.2 Å². The minimum absolute atomic E-state index is 0.374. The van der Waals surface area contributed by atoms with Gasteiger partial charge in [0.05, 0.1) is 0 Å². The molecular formula is C22H29BN2O3. The van der Waals surface area contributed by atoms with Gasteiger partial charge in [0.25, 0.3) is 0 Å². The van der Waals surface area contributed by atoms with Crippen molar-refractivity contribution < 1.29 is 14.5 Å². The topological polar surface area (TPSA) is 70.9 Å². The van der Waals surface area contributed by atoms with Gasteiger partial charge in [-0.05, 0) is 0 Å². The molecule has 0 aliphatic heterocycles. The van der Waals surface area contributed by atoms with Crippen molar-refractivity contribution in [3.8, 4) is 5.75 Å². The van der Waals surface area contributed by atoms with Crippen LogP contribution < -0.4 is 10.1 Å². The van der Waals surface area contributed by atoms with Crippen molar-refractivity contribution in [2.24, 2.45) is 10.9 Å². The molecule has 0 aliphatic carbocycles. The fourth-order valence-electron chi connectivity index (χ4n) is 2.79.